The molecule has 0 radical (unpaired) electrons. The number of fused-ring (bicyclic) bond motifs is 1. The van der Waals surface area contributed by atoms with Crippen LogP contribution in [0.2, 0.25) is 5.02 Å². The van der Waals surface area contributed by atoms with Crippen molar-refractivity contribution in [2.75, 3.05) is 26.1 Å². The normalized spacial score (nSPS) is 14.0. The van der Waals surface area contributed by atoms with Gasteiger partial charge < -0.3 is 14.8 Å². The highest BCUT2D eigenvalue weighted by Gasteiger charge is 2.29. The van der Waals surface area contributed by atoms with Crippen molar-refractivity contribution < 1.29 is 17.9 Å². The first-order valence-electron chi connectivity index (χ1n) is 9.49. The number of methoxy groups -OCH3 is 2. The van der Waals surface area contributed by atoms with Gasteiger partial charge in [0.05, 0.1) is 24.8 Å². The van der Waals surface area contributed by atoms with Crippen LogP contribution in [0, 0.1) is 0 Å². The maximum absolute atomic E-state index is 12.9. The number of benzene rings is 2. The van der Waals surface area contributed by atoms with Crippen LogP contribution in [-0.2, 0) is 23.0 Å². The summed E-state index contributed by atoms with van der Waals surface area (Å²) >= 11 is 5.88. The molecule has 0 unspecified atom stereocenters. The van der Waals surface area contributed by atoms with Crippen LogP contribution in [0.15, 0.2) is 53.6 Å². The molecule has 8 nitrogen and oxygen atoms in total. The van der Waals surface area contributed by atoms with Crippen molar-refractivity contribution >= 4 is 33.3 Å². The Morgan fingerprint density at radius 1 is 1.06 bits per heavy atom. The molecule has 2 heterocycles. The predicted octanol–water partition coefficient (Wildman–Crippen LogP) is 3.64. The molecule has 4 rings (SSSR count). The highest BCUT2D eigenvalue weighted by Crippen LogP contribution is 2.29. The summed E-state index contributed by atoms with van der Waals surface area (Å²) in [5.74, 6) is 1.70. The third-order valence-corrected chi connectivity index (χ3v) is 7.07. The maximum atomic E-state index is 12.9. The Kier molecular flexibility index (Phi) is 5.99. The van der Waals surface area contributed by atoms with Gasteiger partial charge in [-0.2, -0.15) is 4.31 Å². The minimum absolute atomic E-state index is 0.214. The predicted molar refractivity (Wildman–Crippen MR) is 118 cm³/mol. The van der Waals surface area contributed by atoms with E-state index in [4.69, 9.17) is 21.1 Å². The molecular weight excluding hydrogens is 440 g/mol. The van der Waals surface area contributed by atoms with Gasteiger partial charge in [-0.3, -0.25) is 0 Å². The van der Waals surface area contributed by atoms with Crippen LogP contribution in [-0.4, -0.2) is 43.5 Å². The fraction of sp³-hybridized carbons (Fsp3) is 0.238. The lowest BCUT2D eigenvalue weighted by Gasteiger charge is -2.27. The van der Waals surface area contributed by atoms with Gasteiger partial charge in [0.15, 0.2) is 0 Å². The van der Waals surface area contributed by atoms with Crippen LogP contribution in [0.3, 0.4) is 0 Å². The number of sulfonamides is 1. The molecule has 2 aromatic carbocycles. The number of ether oxygens (including phenoxy) is 2. The summed E-state index contributed by atoms with van der Waals surface area (Å²) in [6.07, 6.45) is 2.15. The van der Waals surface area contributed by atoms with Crippen LogP contribution in [0.5, 0.6) is 11.5 Å². The zero-order valence-corrected chi connectivity index (χ0v) is 18.6. The molecule has 0 fully saturated rings. The number of halogens is 1. The zero-order chi connectivity index (χ0) is 22.0. The van der Waals surface area contributed by atoms with E-state index < -0.39 is 10.0 Å². The Morgan fingerprint density at radius 2 is 1.74 bits per heavy atom. The van der Waals surface area contributed by atoms with Gasteiger partial charge in [0.1, 0.15) is 11.5 Å². The van der Waals surface area contributed by atoms with Gasteiger partial charge in [0.25, 0.3) is 0 Å². The Bertz CT molecular complexity index is 1180. The van der Waals surface area contributed by atoms with Crippen LogP contribution < -0.4 is 14.8 Å². The molecule has 31 heavy (non-hydrogen) atoms. The molecule has 0 aliphatic carbocycles. The average molecular weight is 461 g/mol. The van der Waals surface area contributed by atoms with Gasteiger partial charge in [0, 0.05) is 60.2 Å². The van der Waals surface area contributed by atoms with Gasteiger partial charge in [-0.25, -0.2) is 18.4 Å². The molecule has 162 valence electrons. The average Bonchev–Trinajstić information content (AvgIpc) is 2.78. The van der Waals surface area contributed by atoms with Crippen LogP contribution in [0.1, 0.15) is 11.3 Å². The number of anilines is 2. The van der Waals surface area contributed by atoms with Crippen molar-refractivity contribution in [1.82, 2.24) is 14.3 Å². The maximum Gasteiger partial charge on any atom is 0.243 e. The number of hydrogen-bond donors (Lipinski definition) is 1. The molecule has 0 amide bonds. The van der Waals surface area contributed by atoms with Crippen LogP contribution in [0.25, 0.3) is 0 Å². The summed E-state index contributed by atoms with van der Waals surface area (Å²) in [5, 5.41) is 3.64. The standard InChI is InChI=1S/C21H21ClN4O4S/c1-29-17-9-16(10-18(11-17)30-2)24-21-23-12-14-13-26(8-7-20(14)25-21)31(27,28)19-5-3-15(22)4-6-19/h3-6,9-12H,7-8,13H2,1-2H3,(H,23,24,25). The smallest absolute Gasteiger partial charge is 0.243 e. The van der Waals surface area contributed by atoms with Crippen LogP contribution >= 0.6 is 11.6 Å². The number of hydrogen-bond acceptors (Lipinski definition) is 7. The summed E-state index contributed by atoms with van der Waals surface area (Å²) in [6, 6.07) is 11.6. The molecule has 1 aliphatic rings. The molecule has 1 N–H and O–H groups in total. The Labute approximate surface area is 185 Å². The Morgan fingerprint density at radius 3 is 2.39 bits per heavy atom. The largest absolute Gasteiger partial charge is 0.497 e. The number of rotatable bonds is 6. The minimum Gasteiger partial charge on any atom is -0.497 e. The zero-order valence-electron chi connectivity index (χ0n) is 17.0. The highest BCUT2D eigenvalue weighted by atomic mass is 35.5. The van der Waals surface area contributed by atoms with Crippen LogP contribution in [0.4, 0.5) is 11.6 Å². The molecule has 10 heteroatoms. The molecule has 0 bridgehead atoms. The summed E-state index contributed by atoms with van der Waals surface area (Å²) in [6.45, 7) is 0.551. The fourth-order valence-electron chi connectivity index (χ4n) is 3.32. The van der Waals surface area contributed by atoms with Crippen molar-refractivity contribution in [3.05, 3.63) is 64.9 Å². The van der Waals surface area contributed by atoms with E-state index in [-0.39, 0.29) is 11.4 Å². The molecule has 3 aromatic rings. The monoisotopic (exact) mass is 460 g/mol. The first kappa shape index (κ1) is 21.4. The first-order valence-corrected chi connectivity index (χ1v) is 11.3. The summed E-state index contributed by atoms with van der Waals surface area (Å²) in [5.41, 5.74) is 2.31. The number of nitrogens with one attached hydrogen (secondary N) is 1. The van der Waals surface area contributed by atoms with Crippen molar-refractivity contribution in [3.63, 3.8) is 0 Å². The molecule has 0 spiro atoms. The second-order valence-corrected chi connectivity index (χ2v) is 9.31. The fourth-order valence-corrected chi connectivity index (χ4v) is 4.86. The highest BCUT2D eigenvalue weighted by molar-refractivity contribution is 7.89. The van der Waals surface area contributed by atoms with Gasteiger partial charge >= 0.3 is 0 Å². The van der Waals surface area contributed by atoms with E-state index in [2.05, 4.69) is 15.3 Å². The third kappa shape index (κ3) is 4.58. The number of aromatic nitrogens is 2. The summed E-state index contributed by atoms with van der Waals surface area (Å²) < 4.78 is 37.9. The van der Waals surface area contributed by atoms with Crippen molar-refractivity contribution in [2.24, 2.45) is 0 Å². The van der Waals surface area contributed by atoms with E-state index in [1.54, 1.807) is 38.6 Å². The van der Waals surface area contributed by atoms with E-state index in [9.17, 15) is 8.42 Å². The van der Waals surface area contributed by atoms with Crippen molar-refractivity contribution in [3.8, 4) is 11.5 Å². The Balaban J connectivity index is 1.53. The van der Waals surface area contributed by atoms with Gasteiger partial charge in [-0.1, -0.05) is 11.6 Å². The third-order valence-electron chi connectivity index (χ3n) is 4.96. The molecule has 1 aliphatic heterocycles. The van der Waals surface area contributed by atoms with Crippen molar-refractivity contribution in [1.29, 1.82) is 0 Å². The lowest BCUT2D eigenvalue weighted by atomic mass is 10.1. The number of nitrogens with zero attached hydrogens (tertiary/aromatic N) is 3. The van der Waals surface area contributed by atoms with Gasteiger partial charge in [-0.15, -0.1) is 0 Å². The van der Waals surface area contributed by atoms with Gasteiger partial charge in [-0.05, 0) is 24.3 Å². The summed E-state index contributed by atoms with van der Waals surface area (Å²) in [7, 11) is -0.458. The second kappa shape index (κ2) is 8.70. The van der Waals surface area contributed by atoms with E-state index in [0.717, 1.165) is 16.9 Å². The van der Waals surface area contributed by atoms with E-state index >= 15 is 0 Å². The van der Waals surface area contributed by atoms with E-state index in [1.165, 1.54) is 16.4 Å². The topological polar surface area (TPSA) is 93.6 Å². The first-order chi connectivity index (χ1) is 14.9. The Hall–Kier alpha value is -2.88. The van der Waals surface area contributed by atoms with Gasteiger partial charge in [0.2, 0.25) is 16.0 Å². The van der Waals surface area contributed by atoms with Crippen molar-refractivity contribution in [2.45, 2.75) is 17.9 Å². The van der Waals surface area contributed by atoms with E-state index in [0.29, 0.717) is 35.4 Å². The lowest BCUT2D eigenvalue weighted by Crippen LogP contribution is -2.36. The summed E-state index contributed by atoms with van der Waals surface area (Å²) in [4.78, 5) is 9.15. The SMILES string of the molecule is COc1cc(Nc2ncc3c(n2)CCN(S(=O)(=O)c2ccc(Cl)cc2)C3)cc(OC)c1. The molecule has 1 aromatic heterocycles. The molecule has 0 atom stereocenters. The minimum atomic E-state index is -3.62. The lowest BCUT2D eigenvalue weighted by molar-refractivity contribution is 0.387. The second-order valence-electron chi connectivity index (χ2n) is 6.93. The van der Waals surface area contributed by atoms with E-state index in [1.807, 2.05) is 12.1 Å². The molecular formula is C21H21ClN4O4S. The molecule has 0 saturated heterocycles. The molecule has 0 saturated carbocycles. The quantitative estimate of drug-likeness (QED) is 0.600.